The maximum Gasteiger partial charge on any atom is 0.372 e. The van der Waals surface area contributed by atoms with E-state index >= 15 is 0 Å². The number of nitrogens with one attached hydrogen (secondary N) is 1. The molecule has 0 spiro atoms. The van der Waals surface area contributed by atoms with E-state index in [1.54, 1.807) is 18.7 Å². The molecular weight excluding hydrogens is 328 g/mol. The van der Waals surface area contributed by atoms with Crippen LogP contribution in [0.5, 0.6) is 5.75 Å². The molecule has 2 aromatic heterocycles. The van der Waals surface area contributed by atoms with Gasteiger partial charge in [-0.05, 0) is 28.5 Å². The van der Waals surface area contributed by atoms with Crippen LogP contribution in [-0.4, -0.2) is 21.4 Å². The van der Waals surface area contributed by atoms with Crippen LogP contribution >= 0.6 is 11.3 Å². The Bertz CT molecular complexity index is 854. The number of imidazole rings is 1. The summed E-state index contributed by atoms with van der Waals surface area (Å²) in [6.07, 6.45) is 1.66. The number of nitro groups is 1. The second kappa shape index (κ2) is 6.48. The molecule has 0 aliphatic carbocycles. The van der Waals surface area contributed by atoms with Gasteiger partial charge in [0.05, 0.1) is 13.2 Å². The first-order valence-electron chi connectivity index (χ1n) is 7.51. The lowest BCUT2D eigenvalue weighted by Crippen LogP contribution is -2.17. The fourth-order valence-corrected chi connectivity index (χ4v) is 3.35. The number of anilines is 1. The van der Waals surface area contributed by atoms with E-state index in [-0.39, 0.29) is 17.8 Å². The Hall–Kier alpha value is -2.61. The average molecular weight is 346 g/mol. The number of methoxy groups -OCH3 is 1. The number of benzene rings is 1. The molecule has 3 rings (SSSR count). The summed E-state index contributed by atoms with van der Waals surface area (Å²) in [4.78, 5) is 16.0. The molecule has 0 aliphatic rings. The van der Waals surface area contributed by atoms with E-state index in [1.165, 1.54) is 15.7 Å². The van der Waals surface area contributed by atoms with Crippen LogP contribution in [0.15, 0.2) is 35.8 Å². The standard InChI is InChI=1S/C16H18N4O3S/c1-10(2)13(11-4-6-12(23-3)7-5-11)17-14-15(20(21)22)19-8-9-24-16(19)18-14/h4-10,13,17H,1-3H3. The molecule has 2 heterocycles. The quantitative estimate of drug-likeness (QED) is 0.536. The molecule has 1 N–H and O–H groups in total. The molecule has 0 fully saturated rings. The third kappa shape index (κ3) is 2.92. The molecule has 0 saturated carbocycles. The van der Waals surface area contributed by atoms with Crippen LogP contribution in [0.1, 0.15) is 25.5 Å². The zero-order chi connectivity index (χ0) is 17.3. The molecule has 1 atom stereocenters. The Balaban J connectivity index is 1.97. The first-order chi connectivity index (χ1) is 11.5. The smallest absolute Gasteiger partial charge is 0.372 e. The number of hydrogen-bond donors (Lipinski definition) is 1. The molecule has 7 nitrogen and oxygen atoms in total. The maximum atomic E-state index is 11.5. The highest BCUT2D eigenvalue weighted by molar-refractivity contribution is 7.15. The molecule has 126 valence electrons. The van der Waals surface area contributed by atoms with E-state index < -0.39 is 4.92 Å². The highest BCUT2D eigenvalue weighted by Gasteiger charge is 2.27. The zero-order valence-electron chi connectivity index (χ0n) is 13.6. The zero-order valence-corrected chi connectivity index (χ0v) is 14.4. The van der Waals surface area contributed by atoms with Gasteiger partial charge in [0.15, 0.2) is 0 Å². The Labute approximate surface area is 143 Å². The number of fused-ring (bicyclic) bond motifs is 1. The van der Waals surface area contributed by atoms with Crippen molar-refractivity contribution in [3.05, 3.63) is 51.5 Å². The molecule has 8 heteroatoms. The van der Waals surface area contributed by atoms with Crippen LogP contribution in [0.25, 0.3) is 4.96 Å². The molecule has 1 unspecified atom stereocenters. The molecule has 1 aromatic carbocycles. The van der Waals surface area contributed by atoms with Gasteiger partial charge in [-0.1, -0.05) is 37.3 Å². The lowest BCUT2D eigenvalue weighted by Gasteiger charge is -2.22. The normalized spacial score (nSPS) is 12.5. The topological polar surface area (TPSA) is 81.7 Å². The van der Waals surface area contributed by atoms with Crippen molar-refractivity contribution in [2.45, 2.75) is 19.9 Å². The Morgan fingerprint density at radius 2 is 2.04 bits per heavy atom. The second-order valence-corrected chi connectivity index (χ2v) is 6.61. The van der Waals surface area contributed by atoms with Gasteiger partial charge >= 0.3 is 5.82 Å². The van der Waals surface area contributed by atoms with Crippen molar-refractivity contribution in [3.63, 3.8) is 0 Å². The number of thiazole rings is 1. The molecule has 0 aliphatic heterocycles. The van der Waals surface area contributed by atoms with Crippen molar-refractivity contribution < 1.29 is 9.66 Å². The molecule has 0 bridgehead atoms. The van der Waals surface area contributed by atoms with Crippen LogP contribution in [0.3, 0.4) is 0 Å². The first kappa shape index (κ1) is 16.3. The fraction of sp³-hybridized carbons (Fsp3) is 0.312. The number of ether oxygens (including phenoxy) is 1. The molecule has 3 aromatic rings. The van der Waals surface area contributed by atoms with Gasteiger partial charge in [0.2, 0.25) is 5.82 Å². The number of nitrogens with zero attached hydrogens (tertiary/aromatic N) is 3. The number of hydrogen-bond acceptors (Lipinski definition) is 6. The third-order valence-electron chi connectivity index (χ3n) is 3.84. The van der Waals surface area contributed by atoms with Crippen molar-refractivity contribution >= 4 is 27.9 Å². The lowest BCUT2D eigenvalue weighted by atomic mass is 9.96. The van der Waals surface area contributed by atoms with Crippen LogP contribution in [-0.2, 0) is 0 Å². The highest BCUT2D eigenvalue weighted by Crippen LogP contribution is 2.33. The summed E-state index contributed by atoms with van der Waals surface area (Å²) in [6, 6.07) is 7.58. The summed E-state index contributed by atoms with van der Waals surface area (Å²) in [5.74, 6) is 1.25. The summed E-state index contributed by atoms with van der Waals surface area (Å²) < 4.78 is 6.68. The first-order valence-corrected chi connectivity index (χ1v) is 8.39. The molecule has 0 saturated heterocycles. The van der Waals surface area contributed by atoms with E-state index in [0.717, 1.165) is 11.3 Å². The summed E-state index contributed by atoms with van der Waals surface area (Å²) in [5.41, 5.74) is 1.02. The van der Waals surface area contributed by atoms with Gasteiger partial charge in [0.25, 0.3) is 4.96 Å². The number of rotatable bonds is 6. The van der Waals surface area contributed by atoms with Gasteiger partial charge in [-0.25, -0.2) is 0 Å². The summed E-state index contributed by atoms with van der Waals surface area (Å²) in [6.45, 7) is 4.12. The fourth-order valence-electron chi connectivity index (χ4n) is 2.64. The van der Waals surface area contributed by atoms with E-state index in [4.69, 9.17) is 4.74 Å². The van der Waals surface area contributed by atoms with Crippen LogP contribution in [0, 0.1) is 16.0 Å². The van der Waals surface area contributed by atoms with E-state index in [0.29, 0.717) is 10.8 Å². The molecule has 0 amide bonds. The highest BCUT2D eigenvalue weighted by atomic mass is 32.1. The minimum absolute atomic E-state index is 0.0367. The summed E-state index contributed by atoms with van der Waals surface area (Å²) in [5, 5.41) is 16.5. The van der Waals surface area contributed by atoms with Gasteiger partial charge in [0, 0.05) is 5.38 Å². The van der Waals surface area contributed by atoms with E-state index in [1.807, 2.05) is 24.3 Å². The van der Waals surface area contributed by atoms with Crippen molar-refractivity contribution in [1.82, 2.24) is 9.38 Å². The minimum Gasteiger partial charge on any atom is -0.497 e. The van der Waals surface area contributed by atoms with Crippen molar-refractivity contribution in [2.75, 3.05) is 12.4 Å². The van der Waals surface area contributed by atoms with Gasteiger partial charge in [-0.15, -0.1) is 0 Å². The Morgan fingerprint density at radius 1 is 1.33 bits per heavy atom. The van der Waals surface area contributed by atoms with Gasteiger partial charge in [-0.2, -0.15) is 9.38 Å². The minimum atomic E-state index is -0.402. The molecular formula is C16H18N4O3S. The van der Waals surface area contributed by atoms with E-state index in [2.05, 4.69) is 24.1 Å². The van der Waals surface area contributed by atoms with E-state index in [9.17, 15) is 10.1 Å². The van der Waals surface area contributed by atoms with Crippen molar-refractivity contribution in [3.8, 4) is 5.75 Å². The predicted molar refractivity (Wildman–Crippen MR) is 93.9 cm³/mol. The second-order valence-electron chi connectivity index (χ2n) is 5.74. The molecule has 0 radical (unpaired) electrons. The lowest BCUT2D eigenvalue weighted by molar-refractivity contribution is -0.389. The van der Waals surface area contributed by atoms with Crippen LogP contribution < -0.4 is 10.1 Å². The summed E-state index contributed by atoms with van der Waals surface area (Å²) in [7, 11) is 1.62. The van der Waals surface area contributed by atoms with Gasteiger partial charge in [-0.3, -0.25) is 0 Å². The van der Waals surface area contributed by atoms with Crippen LogP contribution in [0.4, 0.5) is 11.6 Å². The molecule has 24 heavy (non-hydrogen) atoms. The average Bonchev–Trinajstić information content (AvgIpc) is 3.12. The Morgan fingerprint density at radius 3 is 2.62 bits per heavy atom. The monoisotopic (exact) mass is 346 g/mol. The van der Waals surface area contributed by atoms with Crippen molar-refractivity contribution in [2.24, 2.45) is 5.92 Å². The SMILES string of the molecule is COc1ccc(C(Nc2nc3sccn3c2[N+](=O)[O-])C(C)C)cc1. The third-order valence-corrected chi connectivity index (χ3v) is 4.60. The van der Waals surface area contributed by atoms with Crippen molar-refractivity contribution in [1.29, 1.82) is 0 Å². The largest absolute Gasteiger partial charge is 0.497 e. The number of aromatic nitrogens is 2. The van der Waals surface area contributed by atoms with Crippen LogP contribution in [0.2, 0.25) is 0 Å². The predicted octanol–water partition coefficient (Wildman–Crippen LogP) is 4.12. The van der Waals surface area contributed by atoms with Gasteiger partial charge in [0.1, 0.15) is 11.9 Å². The maximum absolute atomic E-state index is 11.5. The van der Waals surface area contributed by atoms with Gasteiger partial charge < -0.3 is 20.2 Å². The Kier molecular flexibility index (Phi) is 4.39. The summed E-state index contributed by atoms with van der Waals surface area (Å²) >= 11 is 1.37.